The topological polar surface area (TPSA) is 94.5 Å². The molecule has 144 valence electrons. The minimum atomic E-state index is -0.219. The molecule has 0 atom stereocenters. The number of nitriles is 1. The molecule has 0 saturated carbocycles. The minimum absolute atomic E-state index is 0.0485. The van der Waals surface area contributed by atoms with Crippen molar-refractivity contribution in [3.63, 3.8) is 0 Å². The summed E-state index contributed by atoms with van der Waals surface area (Å²) in [7, 11) is 0. The van der Waals surface area contributed by atoms with E-state index in [-0.39, 0.29) is 18.4 Å². The largest absolute Gasteiger partial charge is 0.378 e. The van der Waals surface area contributed by atoms with E-state index < -0.39 is 0 Å². The highest BCUT2D eigenvalue weighted by Crippen LogP contribution is 2.21. The Kier molecular flexibility index (Phi) is 6.25. The standard InChI is InChI=1S/C21H22N4O3/c1-15-18(21(27)25-9-11-28-12-10-25)3-2-4-19(15)24-20(26)14-23-17-7-5-16(13-22)6-8-17/h2-8,23H,9-12,14H2,1H3,(H,24,26). The second-order valence-electron chi connectivity index (χ2n) is 6.47. The number of amides is 2. The maximum Gasteiger partial charge on any atom is 0.254 e. The zero-order valence-electron chi connectivity index (χ0n) is 15.7. The van der Waals surface area contributed by atoms with Crippen LogP contribution >= 0.6 is 0 Å². The van der Waals surface area contributed by atoms with Crippen molar-refractivity contribution >= 4 is 23.2 Å². The number of nitrogens with zero attached hydrogens (tertiary/aromatic N) is 2. The quantitative estimate of drug-likeness (QED) is 0.833. The van der Waals surface area contributed by atoms with Crippen LogP contribution in [-0.4, -0.2) is 49.6 Å². The first-order chi connectivity index (χ1) is 13.6. The van der Waals surface area contributed by atoms with E-state index in [4.69, 9.17) is 10.00 Å². The SMILES string of the molecule is Cc1c(NC(=O)CNc2ccc(C#N)cc2)cccc1C(=O)N1CCOCC1. The van der Waals surface area contributed by atoms with Crippen molar-refractivity contribution in [1.82, 2.24) is 4.90 Å². The molecule has 7 nitrogen and oxygen atoms in total. The Morgan fingerprint density at radius 3 is 2.54 bits per heavy atom. The number of nitrogens with one attached hydrogen (secondary N) is 2. The molecule has 2 aromatic carbocycles. The number of hydrogen-bond acceptors (Lipinski definition) is 5. The van der Waals surface area contributed by atoms with Crippen molar-refractivity contribution in [2.45, 2.75) is 6.92 Å². The number of morpholine rings is 1. The van der Waals surface area contributed by atoms with E-state index in [1.165, 1.54) is 0 Å². The highest BCUT2D eigenvalue weighted by atomic mass is 16.5. The maximum absolute atomic E-state index is 12.7. The Hall–Kier alpha value is -3.37. The van der Waals surface area contributed by atoms with Gasteiger partial charge in [0.25, 0.3) is 5.91 Å². The zero-order valence-corrected chi connectivity index (χ0v) is 15.7. The van der Waals surface area contributed by atoms with Crippen LogP contribution in [0.25, 0.3) is 0 Å². The van der Waals surface area contributed by atoms with Gasteiger partial charge in [0.05, 0.1) is 31.4 Å². The van der Waals surface area contributed by atoms with Crippen molar-refractivity contribution in [3.05, 3.63) is 59.2 Å². The van der Waals surface area contributed by atoms with Gasteiger partial charge in [0.15, 0.2) is 0 Å². The van der Waals surface area contributed by atoms with Gasteiger partial charge in [-0.3, -0.25) is 9.59 Å². The average Bonchev–Trinajstić information content (AvgIpc) is 2.74. The van der Waals surface area contributed by atoms with E-state index in [2.05, 4.69) is 16.7 Å². The molecule has 1 fully saturated rings. The monoisotopic (exact) mass is 378 g/mol. The fraction of sp³-hybridized carbons (Fsp3) is 0.286. The van der Waals surface area contributed by atoms with Crippen LogP contribution in [0.5, 0.6) is 0 Å². The molecular weight excluding hydrogens is 356 g/mol. The fourth-order valence-corrected chi connectivity index (χ4v) is 2.98. The van der Waals surface area contributed by atoms with Gasteiger partial charge in [0, 0.05) is 30.0 Å². The van der Waals surface area contributed by atoms with Gasteiger partial charge in [0.1, 0.15) is 0 Å². The molecule has 0 aliphatic carbocycles. The van der Waals surface area contributed by atoms with Gasteiger partial charge >= 0.3 is 0 Å². The third-order valence-corrected chi connectivity index (χ3v) is 4.60. The smallest absolute Gasteiger partial charge is 0.254 e. The summed E-state index contributed by atoms with van der Waals surface area (Å²) >= 11 is 0. The summed E-state index contributed by atoms with van der Waals surface area (Å²) < 4.78 is 5.29. The molecule has 0 bridgehead atoms. The Bertz CT molecular complexity index is 897. The lowest BCUT2D eigenvalue weighted by Gasteiger charge is -2.27. The van der Waals surface area contributed by atoms with Crippen LogP contribution in [0.1, 0.15) is 21.5 Å². The second kappa shape index (κ2) is 9.02. The number of carbonyl (C=O) groups is 2. The van der Waals surface area contributed by atoms with E-state index in [9.17, 15) is 9.59 Å². The predicted octanol–water partition coefficient (Wildman–Crippen LogP) is 2.39. The van der Waals surface area contributed by atoms with Gasteiger partial charge in [-0.15, -0.1) is 0 Å². The Labute approximate surface area is 163 Å². The van der Waals surface area contributed by atoms with E-state index in [1.54, 1.807) is 47.4 Å². The minimum Gasteiger partial charge on any atom is -0.378 e. The van der Waals surface area contributed by atoms with Gasteiger partial charge in [-0.1, -0.05) is 6.07 Å². The summed E-state index contributed by atoms with van der Waals surface area (Å²) in [5.74, 6) is -0.268. The first-order valence-corrected chi connectivity index (χ1v) is 9.09. The predicted molar refractivity (Wildman–Crippen MR) is 106 cm³/mol. The summed E-state index contributed by atoms with van der Waals surface area (Å²) in [6.45, 7) is 4.14. The van der Waals surface area contributed by atoms with Crippen molar-refractivity contribution in [2.75, 3.05) is 43.5 Å². The number of hydrogen-bond donors (Lipinski definition) is 2. The van der Waals surface area contributed by atoms with E-state index in [0.29, 0.717) is 43.1 Å². The molecule has 2 N–H and O–H groups in total. The molecule has 1 saturated heterocycles. The molecule has 1 aliphatic rings. The Balaban J connectivity index is 1.62. The van der Waals surface area contributed by atoms with Crippen LogP contribution in [0.4, 0.5) is 11.4 Å². The summed E-state index contributed by atoms with van der Waals surface area (Å²) in [4.78, 5) is 26.8. The fourth-order valence-electron chi connectivity index (χ4n) is 2.98. The van der Waals surface area contributed by atoms with Gasteiger partial charge in [-0.2, -0.15) is 5.26 Å². The van der Waals surface area contributed by atoms with E-state index in [0.717, 1.165) is 11.3 Å². The van der Waals surface area contributed by atoms with Crippen molar-refractivity contribution in [2.24, 2.45) is 0 Å². The highest BCUT2D eigenvalue weighted by molar-refractivity contribution is 6.00. The van der Waals surface area contributed by atoms with Gasteiger partial charge in [-0.25, -0.2) is 0 Å². The first kappa shape index (κ1) is 19.4. The molecule has 7 heteroatoms. The van der Waals surface area contributed by atoms with Crippen LogP contribution < -0.4 is 10.6 Å². The third kappa shape index (κ3) is 4.67. The molecule has 1 aliphatic heterocycles. The van der Waals surface area contributed by atoms with Crippen LogP contribution in [0, 0.1) is 18.3 Å². The maximum atomic E-state index is 12.7. The molecule has 28 heavy (non-hydrogen) atoms. The summed E-state index contributed by atoms with van der Waals surface area (Å²) in [6.07, 6.45) is 0. The van der Waals surface area contributed by atoms with Crippen molar-refractivity contribution in [1.29, 1.82) is 5.26 Å². The molecule has 0 radical (unpaired) electrons. The first-order valence-electron chi connectivity index (χ1n) is 9.09. The molecule has 2 amide bonds. The Morgan fingerprint density at radius 2 is 1.86 bits per heavy atom. The molecular formula is C21H22N4O3. The third-order valence-electron chi connectivity index (χ3n) is 4.60. The number of carbonyl (C=O) groups excluding carboxylic acids is 2. The Morgan fingerprint density at radius 1 is 1.14 bits per heavy atom. The molecule has 1 heterocycles. The van der Waals surface area contributed by atoms with E-state index in [1.807, 2.05) is 6.92 Å². The van der Waals surface area contributed by atoms with Crippen LogP contribution in [0.2, 0.25) is 0 Å². The molecule has 0 aromatic heterocycles. The van der Waals surface area contributed by atoms with Crippen LogP contribution in [-0.2, 0) is 9.53 Å². The van der Waals surface area contributed by atoms with Crippen molar-refractivity contribution in [3.8, 4) is 6.07 Å². The van der Waals surface area contributed by atoms with Crippen LogP contribution in [0.3, 0.4) is 0 Å². The number of ether oxygens (including phenoxy) is 1. The van der Waals surface area contributed by atoms with Crippen molar-refractivity contribution < 1.29 is 14.3 Å². The zero-order chi connectivity index (χ0) is 19.9. The van der Waals surface area contributed by atoms with Gasteiger partial charge in [0.2, 0.25) is 5.91 Å². The lowest BCUT2D eigenvalue weighted by molar-refractivity contribution is -0.114. The number of anilines is 2. The molecule has 3 rings (SSSR count). The molecule has 0 spiro atoms. The molecule has 0 unspecified atom stereocenters. The second-order valence-corrected chi connectivity index (χ2v) is 6.47. The lowest BCUT2D eigenvalue weighted by atomic mass is 10.0. The highest BCUT2D eigenvalue weighted by Gasteiger charge is 2.21. The summed E-state index contributed by atoms with van der Waals surface area (Å²) in [5.41, 5.74) is 3.26. The summed E-state index contributed by atoms with van der Waals surface area (Å²) in [6, 6.07) is 14.2. The average molecular weight is 378 g/mol. The normalized spacial score (nSPS) is 13.5. The number of benzene rings is 2. The van der Waals surface area contributed by atoms with E-state index >= 15 is 0 Å². The van der Waals surface area contributed by atoms with Gasteiger partial charge in [-0.05, 0) is 48.9 Å². The number of rotatable bonds is 5. The molecule has 2 aromatic rings. The lowest BCUT2D eigenvalue weighted by Crippen LogP contribution is -2.41. The summed E-state index contributed by atoms with van der Waals surface area (Å²) in [5, 5.41) is 14.7. The van der Waals surface area contributed by atoms with Crippen LogP contribution in [0.15, 0.2) is 42.5 Å². The van der Waals surface area contributed by atoms with Gasteiger partial charge < -0.3 is 20.3 Å².